The van der Waals surface area contributed by atoms with Crippen LogP contribution >= 0.6 is 15.9 Å². The van der Waals surface area contributed by atoms with Crippen molar-refractivity contribution in [3.63, 3.8) is 0 Å². The molecule has 0 atom stereocenters. The van der Waals surface area contributed by atoms with Gasteiger partial charge in [-0.2, -0.15) is 0 Å². The Kier molecular flexibility index (Phi) is 4.50. The van der Waals surface area contributed by atoms with E-state index < -0.39 is 16.0 Å². The molecule has 1 heterocycles. The van der Waals surface area contributed by atoms with Crippen LogP contribution in [0.25, 0.3) is 0 Å². The van der Waals surface area contributed by atoms with Crippen molar-refractivity contribution < 1.29 is 18.3 Å². The Bertz CT molecular complexity index is 783. The van der Waals surface area contributed by atoms with E-state index in [0.29, 0.717) is 0 Å². The number of hydrogen-bond acceptors (Lipinski definition) is 3. The van der Waals surface area contributed by atoms with E-state index in [1.165, 1.54) is 18.2 Å². The molecule has 0 amide bonds. The average molecular weight is 373 g/mol. The zero-order valence-electron chi connectivity index (χ0n) is 11.1. The second-order valence-corrected chi connectivity index (χ2v) is 6.98. The zero-order valence-corrected chi connectivity index (χ0v) is 13.5. The number of nitrogens with zero attached hydrogens (tertiary/aromatic N) is 1. The van der Waals surface area contributed by atoms with E-state index in [2.05, 4.69) is 20.7 Å². The summed E-state index contributed by atoms with van der Waals surface area (Å²) in [4.78, 5) is 10.8. The maximum Gasteiger partial charge on any atom is 0.335 e. The van der Waals surface area contributed by atoms with Crippen molar-refractivity contribution in [3.05, 3.63) is 52.3 Å². The largest absolute Gasteiger partial charge is 0.478 e. The van der Waals surface area contributed by atoms with E-state index in [9.17, 15) is 13.2 Å². The number of carboxylic acids is 1. The highest BCUT2D eigenvalue weighted by Crippen LogP contribution is 2.23. The summed E-state index contributed by atoms with van der Waals surface area (Å²) in [6.45, 7) is 0.152. The van der Waals surface area contributed by atoms with E-state index in [0.717, 1.165) is 5.69 Å². The van der Waals surface area contributed by atoms with E-state index >= 15 is 0 Å². The molecule has 0 aliphatic carbocycles. The molecule has 6 nitrogen and oxygen atoms in total. The molecule has 21 heavy (non-hydrogen) atoms. The van der Waals surface area contributed by atoms with Crippen molar-refractivity contribution in [3.8, 4) is 0 Å². The smallest absolute Gasteiger partial charge is 0.335 e. The Balaban J connectivity index is 2.23. The number of carboxylic acid groups (broad SMARTS) is 1. The fraction of sp³-hybridized carbons (Fsp3) is 0.154. The third-order valence-corrected chi connectivity index (χ3v) is 5.34. The fourth-order valence-electron chi connectivity index (χ4n) is 1.78. The van der Waals surface area contributed by atoms with Gasteiger partial charge >= 0.3 is 5.97 Å². The third-order valence-electron chi connectivity index (χ3n) is 2.96. The number of aromatic carboxylic acids is 1. The SMILES string of the molecule is Cn1cccc1CNS(=O)(=O)c1ccc(C(=O)O)cc1Br. The number of sulfonamides is 1. The average Bonchev–Trinajstić information content (AvgIpc) is 2.81. The quantitative estimate of drug-likeness (QED) is 0.839. The predicted molar refractivity (Wildman–Crippen MR) is 80.5 cm³/mol. The summed E-state index contributed by atoms with van der Waals surface area (Å²) in [5.41, 5.74) is 0.833. The van der Waals surface area contributed by atoms with Gasteiger partial charge in [0, 0.05) is 23.4 Å². The van der Waals surface area contributed by atoms with Crippen molar-refractivity contribution >= 4 is 31.9 Å². The highest BCUT2D eigenvalue weighted by Gasteiger charge is 2.19. The number of rotatable bonds is 5. The van der Waals surface area contributed by atoms with Gasteiger partial charge in [-0.3, -0.25) is 0 Å². The first-order valence-corrected chi connectivity index (χ1v) is 8.21. The van der Waals surface area contributed by atoms with Crippen LogP contribution in [0.1, 0.15) is 16.1 Å². The Morgan fingerprint density at radius 3 is 2.62 bits per heavy atom. The first-order valence-electron chi connectivity index (χ1n) is 5.94. The van der Waals surface area contributed by atoms with Crippen LogP contribution in [0.4, 0.5) is 0 Å². The van der Waals surface area contributed by atoms with Gasteiger partial charge in [-0.1, -0.05) is 0 Å². The number of aryl methyl sites for hydroxylation is 1. The molecule has 8 heteroatoms. The number of carbonyl (C=O) groups is 1. The molecule has 0 bridgehead atoms. The summed E-state index contributed by atoms with van der Waals surface area (Å²) in [6.07, 6.45) is 1.82. The minimum atomic E-state index is -3.73. The molecule has 0 radical (unpaired) electrons. The molecule has 0 aliphatic rings. The standard InChI is InChI=1S/C13H13BrN2O4S/c1-16-6-2-3-10(16)8-15-21(19,20)12-5-4-9(13(17)18)7-11(12)14/h2-7,15H,8H2,1H3,(H,17,18). The third kappa shape index (κ3) is 3.52. The van der Waals surface area contributed by atoms with Gasteiger partial charge in [-0.05, 0) is 46.3 Å². The molecule has 2 N–H and O–H groups in total. The monoisotopic (exact) mass is 372 g/mol. The number of hydrogen-bond donors (Lipinski definition) is 2. The summed E-state index contributed by atoms with van der Waals surface area (Å²) >= 11 is 3.10. The summed E-state index contributed by atoms with van der Waals surface area (Å²) in [5.74, 6) is -1.11. The minimum absolute atomic E-state index is 0.00158. The first-order chi connectivity index (χ1) is 9.81. The summed E-state index contributed by atoms with van der Waals surface area (Å²) in [5, 5.41) is 8.87. The maximum absolute atomic E-state index is 12.2. The Morgan fingerprint density at radius 1 is 1.38 bits per heavy atom. The van der Waals surface area contributed by atoms with Crippen LogP contribution in [0.15, 0.2) is 45.9 Å². The van der Waals surface area contributed by atoms with Crippen LogP contribution in [-0.2, 0) is 23.6 Å². The van der Waals surface area contributed by atoms with Gasteiger partial charge < -0.3 is 9.67 Å². The van der Waals surface area contributed by atoms with Gasteiger partial charge in [0.15, 0.2) is 0 Å². The topological polar surface area (TPSA) is 88.4 Å². The molecule has 0 saturated heterocycles. The molecule has 112 valence electrons. The second-order valence-electron chi connectivity index (χ2n) is 4.39. The van der Waals surface area contributed by atoms with Gasteiger partial charge in [-0.15, -0.1) is 0 Å². The lowest BCUT2D eigenvalue weighted by molar-refractivity contribution is 0.0696. The zero-order chi connectivity index (χ0) is 15.6. The van der Waals surface area contributed by atoms with Crippen LogP contribution in [0, 0.1) is 0 Å². The Hall–Kier alpha value is -1.64. The van der Waals surface area contributed by atoms with Crippen LogP contribution < -0.4 is 4.72 Å². The van der Waals surface area contributed by atoms with Crippen molar-refractivity contribution in [1.29, 1.82) is 0 Å². The molecule has 0 fully saturated rings. The van der Waals surface area contributed by atoms with E-state index in [4.69, 9.17) is 5.11 Å². The Labute approximate surface area is 130 Å². The summed E-state index contributed by atoms with van der Waals surface area (Å²) in [7, 11) is -1.91. The molecule has 1 aromatic heterocycles. The molecule has 0 unspecified atom stereocenters. The van der Waals surface area contributed by atoms with E-state index in [1.54, 1.807) is 0 Å². The number of aromatic nitrogens is 1. The predicted octanol–water partition coefficient (Wildman–Crippen LogP) is 1.96. The maximum atomic E-state index is 12.2. The highest BCUT2D eigenvalue weighted by molar-refractivity contribution is 9.10. The van der Waals surface area contributed by atoms with Gasteiger partial charge in [0.2, 0.25) is 10.0 Å². The van der Waals surface area contributed by atoms with Crippen molar-refractivity contribution in [2.45, 2.75) is 11.4 Å². The molecule has 1 aromatic carbocycles. The molecule has 2 aromatic rings. The van der Waals surface area contributed by atoms with Crippen LogP contribution in [0.3, 0.4) is 0 Å². The molecule has 0 aliphatic heterocycles. The number of nitrogens with one attached hydrogen (secondary N) is 1. The molecule has 0 spiro atoms. The van der Waals surface area contributed by atoms with Crippen LogP contribution in [0.5, 0.6) is 0 Å². The minimum Gasteiger partial charge on any atom is -0.478 e. The second kappa shape index (κ2) is 6.00. The summed E-state index contributed by atoms with van der Waals surface area (Å²) < 4.78 is 29.0. The van der Waals surface area contributed by atoms with Gasteiger partial charge in [0.1, 0.15) is 0 Å². The lowest BCUT2D eigenvalue weighted by atomic mass is 10.2. The van der Waals surface area contributed by atoms with Crippen molar-refractivity contribution in [2.24, 2.45) is 7.05 Å². The normalized spacial score (nSPS) is 11.5. The molecule has 0 saturated carbocycles. The van der Waals surface area contributed by atoms with Crippen molar-refractivity contribution in [1.82, 2.24) is 9.29 Å². The van der Waals surface area contributed by atoms with Gasteiger partial charge in [0.05, 0.1) is 17.0 Å². The highest BCUT2D eigenvalue weighted by atomic mass is 79.9. The van der Waals surface area contributed by atoms with Crippen LogP contribution in [-0.4, -0.2) is 24.1 Å². The molecular formula is C13H13BrN2O4S. The number of halogens is 1. The van der Waals surface area contributed by atoms with Crippen molar-refractivity contribution in [2.75, 3.05) is 0 Å². The van der Waals surface area contributed by atoms with Gasteiger partial charge in [-0.25, -0.2) is 17.9 Å². The molecule has 2 rings (SSSR count). The van der Waals surface area contributed by atoms with Gasteiger partial charge in [0.25, 0.3) is 0 Å². The molecular weight excluding hydrogens is 360 g/mol. The lowest BCUT2D eigenvalue weighted by Gasteiger charge is -2.09. The Morgan fingerprint density at radius 2 is 2.10 bits per heavy atom. The number of benzene rings is 1. The fourth-order valence-corrected chi connectivity index (χ4v) is 3.85. The first kappa shape index (κ1) is 15.7. The van der Waals surface area contributed by atoms with Crippen LogP contribution in [0.2, 0.25) is 0 Å². The van der Waals surface area contributed by atoms with E-state index in [-0.39, 0.29) is 21.5 Å². The lowest BCUT2D eigenvalue weighted by Crippen LogP contribution is -2.24. The summed E-state index contributed by atoms with van der Waals surface area (Å²) in [6, 6.07) is 7.41. The van der Waals surface area contributed by atoms with E-state index in [1.807, 2.05) is 29.9 Å².